The maximum absolute atomic E-state index is 12.9. The van der Waals surface area contributed by atoms with Gasteiger partial charge in [-0.3, -0.25) is 9.69 Å². The fourth-order valence-corrected chi connectivity index (χ4v) is 4.50. The molecule has 5 rings (SSSR count). The normalized spacial score (nSPS) is 17.0. The number of para-hydroxylation sites is 2. The first-order valence-electron chi connectivity index (χ1n) is 10.5. The van der Waals surface area contributed by atoms with Gasteiger partial charge >= 0.3 is 0 Å². The van der Waals surface area contributed by atoms with Crippen molar-refractivity contribution in [1.29, 1.82) is 0 Å². The van der Waals surface area contributed by atoms with Gasteiger partial charge in [-0.05, 0) is 43.5 Å². The Morgan fingerprint density at radius 1 is 1.20 bits per heavy atom. The van der Waals surface area contributed by atoms with E-state index in [1.54, 1.807) is 6.33 Å². The summed E-state index contributed by atoms with van der Waals surface area (Å²) in [7, 11) is 0. The van der Waals surface area contributed by atoms with Crippen LogP contribution < -0.4 is 0 Å². The van der Waals surface area contributed by atoms with Crippen molar-refractivity contribution in [2.24, 2.45) is 0 Å². The second kappa shape index (κ2) is 7.38. The molecule has 6 heteroatoms. The summed E-state index contributed by atoms with van der Waals surface area (Å²) in [6, 6.07) is 14.1. The number of nitrogens with zero attached hydrogens (tertiary/aromatic N) is 3. The van der Waals surface area contributed by atoms with Gasteiger partial charge in [0.15, 0.2) is 5.78 Å². The SMILES string of the molecule is Cc1ccc2c(C(=O)CN3CCC(O)(Cn4cnc5ccccc54)CC3)c[nH]c2c1. The molecule has 0 radical (unpaired) electrons. The second-order valence-corrected chi connectivity index (χ2v) is 8.54. The molecule has 1 fully saturated rings. The minimum Gasteiger partial charge on any atom is -0.388 e. The number of benzene rings is 2. The van der Waals surface area contributed by atoms with Crippen LogP contribution in [0.3, 0.4) is 0 Å². The molecule has 1 aliphatic rings. The van der Waals surface area contributed by atoms with E-state index in [2.05, 4.69) is 20.9 Å². The predicted molar refractivity (Wildman–Crippen MR) is 118 cm³/mol. The van der Waals surface area contributed by atoms with E-state index in [0.29, 0.717) is 39.0 Å². The lowest BCUT2D eigenvalue weighted by molar-refractivity contribution is -0.0320. The molecule has 2 N–H and O–H groups in total. The van der Waals surface area contributed by atoms with Crippen LogP contribution in [0, 0.1) is 6.92 Å². The van der Waals surface area contributed by atoms with Crippen LogP contribution in [0.25, 0.3) is 21.9 Å². The van der Waals surface area contributed by atoms with E-state index in [1.807, 2.05) is 54.1 Å². The molecule has 3 heterocycles. The van der Waals surface area contributed by atoms with E-state index in [-0.39, 0.29) is 5.78 Å². The number of aromatic amines is 1. The van der Waals surface area contributed by atoms with Crippen molar-refractivity contribution in [1.82, 2.24) is 19.4 Å². The van der Waals surface area contributed by atoms with Crippen LogP contribution in [0.2, 0.25) is 0 Å². The topological polar surface area (TPSA) is 74.2 Å². The van der Waals surface area contributed by atoms with Gasteiger partial charge in [0.1, 0.15) is 0 Å². The maximum atomic E-state index is 12.9. The molecule has 0 unspecified atom stereocenters. The Morgan fingerprint density at radius 2 is 2.00 bits per heavy atom. The Morgan fingerprint density at radius 3 is 2.83 bits per heavy atom. The molecule has 30 heavy (non-hydrogen) atoms. The molecule has 1 aliphatic heterocycles. The molecular formula is C24H26N4O2. The van der Waals surface area contributed by atoms with Gasteiger partial charge in [-0.15, -0.1) is 0 Å². The first kappa shape index (κ1) is 19.0. The number of carbonyl (C=O) groups is 1. The van der Waals surface area contributed by atoms with Crippen LogP contribution in [0.5, 0.6) is 0 Å². The fourth-order valence-electron chi connectivity index (χ4n) is 4.50. The van der Waals surface area contributed by atoms with E-state index in [0.717, 1.165) is 27.5 Å². The van der Waals surface area contributed by atoms with Crippen molar-refractivity contribution < 1.29 is 9.90 Å². The van der Waals surface area contributed by atoms with Gasteiger partial charge in [-0.2, -0.15) is 0 Å². The zero-order valence-corrected chi connectivity index (χ0v) is 17.1. The first-order valence-corrected chi connectivity index (χ1v) is 10.5. The highest BCUT2D eigenvalue weighted by Gasteiger charge is 2.33. The molecule has 1 saturated heterocycles. The average molecular weight is 402 g/mol. The summed E-state index contributed by atoms with van der Waals surface area (Å²) in [6.07, 6.45) is 4.90. The Balaban J connectivity index is 1.23. The molecule has 0 amide bonds. The molecule has 154 valence electrons. The Labute approximate surface area is 175 Å². The quantitative estimate of drug-likeness (QED) is 0.501. The third-order valence-electron chi connectivity index (χ3n) is 6.28. The van der Waals surface area contributed by atoms with Gasteiger partial charge in [-0.25, -0.2) is 4.98 Å². The van der Waals surface area contributed by atoms with Crippen molar-refractivity contribution >= 4 is 27.7 Å². The summed E-state index contributed by atoms with van der Waals surface area (Å²) in [5.41, 5.74) is 4.12. The number of likely N-dealkylation sites (tertiary alicyclic amines) is 1. The van der Waals surface area contributed by atoms with Gasteiger partial charge in [-0.1, -0.05) is 24.3 Å². The molecule has 0 aliphatic carbocycles. The lowest BCUT2D eigenvalue weighted by Crippen LogP contribution is -2.48. The van der Waals surface area contributed by atoms with E-state index < -0.39 is 5.60 Å². The van der Waals surface area contributed by atoms with Gasteiger partial charge in [0, 0.05) is 35.8 Å². The van der Waals surface area contributed by atoms with E-state index in [1.165, 1.54) is 5.56 Å². The summed E-state index contributed by atoms with van der Waals surface area (Å²) in [5, 5.41) is 12.1. The van der Waals surface area contributed by atoms with Crippen LogP contribution in [0.15, 0.2) is 55.0 Å². The molecule has 2 aromatic carbocycles. The number of imidazole rings is 1. The predicted octanol–water partition coefficient (Wildman–Crippen LogP) is 3.54. The summed E-state index contributed by atoms with van der Waals surface area (Å²) in [4.78, 5) is 22.7. The Kier molecular flexibility index (Phi) is 4.68. The number of ketones is 1. The fraction of sp³-hybridized carbons (Fsp3) is 0.333. The van der Waals surface area contributed by atoms with Crippen LogP contribution in [0.4, 0.5) is 0 Å². The van der Waals surface area contributed by atoms with Crippen LogP contribution in [0.1, 0.15) is 28.8 Å². The van der Waals surface area contributed by atoms with Gasteiger partial charge in [0.05, 0.1) is 36.1 Å². The van der Waals surface area contributed by atoms with Crippen molar-refractivity contribution in [3.05, 3.63) is 66.1 Å². The van der Waals surface area contributed by atoms with Gasteiger partial charge in [0.25, 0.3) is 0 Å². The Hall–Kier alpha value is -2.96. The van der Waals surface area contributed by atoms with Crippen molar-refractivity contribution in [2.75, 3.05) is 19.6 Å². The number of Topliss-reactive ketones (excluding diaryl/α,β-unsaturated/α-hetero) is 1. The zero-order valence-electron chi connectivity index (χ0n) is 17.1. The number of aryl methyl sites for hydroxylation is 1. The van der Waals surface area contributed by atoms with E-state index in [9.17, 15) is 9.90 Å². The van der Waals surface area contributed by atoms with Crippen molar-refractivity contribution in [2.45, 2.75) is 31.9 Å². The number of fused-ring (bicyclic) bond motifs is 2. The third-order valence-corrected chi connectivity index (χ3v) is 6.28. The monoisotopic (exact) mass is 402 g/mol. The lowest BCUT2D eigenvalue weighted by Gasteiger charge is -2.38. The summed E-state index contributed by atoms with van der Waals surface area (Å²) in [6.45, 7) is 4.36. The maximum Gasteiger partial charge on any atom is 0.178 e. The van der Waals surface area contributed by atoms with E-state index in [4.69, 9.17) is 0 Å². The highest BCUT2D eigenvalue weighted by Crippen LogP contribution is 2.27. The molecule has 4 aromatic rings. The lowest BCUT2D eigenvalue weighted by atomic mass is 9.91. The molecular weight excluding hydrogens is 376 g/mol. The second-order valence-electron chi connectivity index (χ2n) is 8.54. The molecule has 0 bridgehead atoms. The number of aromatic nitrogens is 3. The average Bonchev–Trinajstić information content (AvgIpc) is 3.34. The first-order chi connectivity index (χ1) is 14.5. The number of H-pyrrole nitrogens is 1. The minimum absolute atomic E-state index is 0.121. The highest BCUT2D eigenvalue weighted by atomic mass is 16.3. The zero-order chi connectivity index (χ0) is 20.7. The molecule has 0 saturated carbocycles. The number of hydrogen-bond donors (Lipinski definition) is 2. The minimum atomic E-state index is -0.776. The standard InChI is InChI=1S/C24H26N4O2/c1-17-6-7-18-19(13-25-21(18)12-17)23(29)14-27-10-8-24(30,9-11-27)15-28-16-26-20-4-2-3-5-22(20)28/h2-7,12-13,16,25,30H,8-11,14-15H2,1H3. The van der Waals surface area contributed by atoms with Gasteiger partial charge < -0.3 is 14.7 Å². The number of nitrogens with one attached hydrogen (secondary N) is 1. The number of hydrogen-bond acceptors (Lipinski definition) is 4. The highest BCUT2D eigenvalue weighted by molar-refractivity contribution is 6.08. The summed E-state index contributed by atoms with van der Waals surface area (Å²) < 4.78 is 2.03. The molecule has 0 spiro atoms. The number of carbonyl (C=O) groups excluding carboxylic acids is 1. The van der Waals surface area contributed by atoms with Crippen molar-refractivity contribution in [3.8, 4) is 0 Å². The number of rotatable bonds is 5. The number of piperidine rings is 1. The largest absolute Gasteiger partial charge is 0.388 e. The Bertz CT molecular complexity index is 1210. The summed E-state index contributed by atoms with van der Waals surface area (Å²) >= 11 is 0. The molecule has 2 aromatic heterocycles. The molecule has 6 nitrogen and oxygen atoms in total. The molecule has 0 atom stereocenters. The van der Waals surface area contributed by atoms with Crippen molar-refractivity contribution in [3.63, 3.8) is 0 Å². The smallest absolute Gasteiger partial charge is 0.178 e. The van der Waals surface area contributed by atoms with E-state index >= 15 is 0 Å². The van der Waals surface area contributed by atoms with Gasteiger partial charge in [0.2, 0.25) is 0 Å². The van der Waals surface area contributed by atoms with Crippen LogP contribution in [-0.2, 0) is 6.54 Å². The van der Waals surface area contributed by atoms with Crippen LogP contribution >= 0.6 is 0 Å². The third kappa shape index (κ3) is 3.53. The van der Waals surface area contributed by atoms with Crippen LogP contribution in [-0.4, -0.2) is 55.6 Å². The summed E-state index contributed by atoms with van der Waals surface area (Å²) in [5.74, 6) is 0.121. The number of aliphatic hydroxyl groups is 1.